The molecule has 4 heterocycles. The van der Waals surface area contributed by atoms with Crippen molar-refractivity contribution in [3.8, 4) is 11.1 Å². The van der Waals surface area contributed by atoms with E-state index in [2.05, 4.69) is 33.0 Å². The van der Waals surface area contributed by atoms with E-state index >= 15 is 8.78 Å². The van der Waals surface area contributed by atoms with Crippen molar-refractivity contribution in [3.05, 3.63) is 60.1 Å². The molecule has 2 aromatic carbocycles. The van der Waals surface area contributed by atoms with Crippen LogP contribution in [0.4, 0.5) is 20.3 Å². The number of aliphatic hydroxyl groups is 1. The zero-order valence-corrected chi connectivity index (χ0v) is 23.5. The predicted molar refractivity (Wildman–Crippen MR) is 156 cm³/mol. The van der Waals surface area contributed by atoms with Crippen LogP contribution in [-0.4, -0.2) is 52.4 Å². The number of hydrogen-bond donors (Lipinski definition) is 1. The van der Waals surface area contributed by atoms with Crippen molar-refractivity contribution in [2.45, 2.75) is 51.6 Å². The molecular weight excluding hydrogens is 540 g/mol. The van der Waals surface area contributed by atoms with Crippen LogP contribution in [0.5, 0.6) is 0 Å². The lowest BCUT2D eigenvalue weighted by Gasteiger charge is -2.34. The van der Waals surface area contributed by atoms with Crippen LogP contribution in [0.2, 0.25) is 0 Å². The molecule has 1 aromatic heterocycles. The number of hydrogen-bond acceptors (Lipinski definition) is 7. The summed E-state index contributed by atoms with van der Waals surface area (Å²) in [6, 6.07) is 7.22. The first-order chi connectivity index (χ1) is 20.4. The number of carbonyl (C=O) groups excluding carboxylic acids is 1. The zero-order chi connectivity index (χ0) is 29.0. The first kappa shape index (κ1) is 26.9. The zero-order valence-electron chi connectivity index (χ0n) is 23.5. The molecule has 0 radical (unpaired) electrons. The number of allylic oxidation sites excluding steroid dienone is 2. The minimum atomic E-state index is -0.821. The van der Waals surface area contributed by atoms with Crippen LogP contribution in [0.3, 0.4) is 0 Å². The topological polar surface area (TPSA) is 91.2 Å². The van der Waals surface area contributed by atoms with Gasteiger partial charge in [-0.2, -0.15) is 0 Å². The van der Waals surface area contributed by atoms with Gasteiger partial charge >= 0.3 is 0 Å². The third-order valence-electron chi connectivity index (χ3n) is 8.96. The fraction of sp³-hybridized carbons (Fsp3) is 0.438. The van der Waals surface area contributed by atoms with Crippen LogP contribution in [-0.2, 0) is 9.63 Å². The van der Waals surface area contributed by atoms with Crippen LogP contribution in [0.1, 0.15) is 45.4 Å². The monoisotopic (exact) mass is 573 g/mol. The second-order valence-corrected chi connectivity index (χ2v) is 12.0. The Labute approximate surface area is 242 Å². The van der Waals surface area contributed by atoms with Crippen LogP contribution in [0.15, 0.2) is 53.7 Å². The lowest BCUT2D eigenvalue weighted by Crippen LogP contribution is -2.38. The summed E-state index contributed by atoms with van der Waals surface area (Å²) >= 11 is 0. The molecule has 42 heavy (non-hydrogen) atoms. The number of piperidine rings is 1. The predicted octanol–water partition coefficient (Wildman–Crippen LogP) is 5.60. The van der Waals surface area contributed by atoms with Crippen molar-refractivity contribution in [2.75, 3.05) is 29.4 Å². The summed E-state index contributed by atoms with van der Waals surface area (Å²) in [5.41, 5.74) is 2.63. The summed E-state index contributed by atoms with van der Waals surface area (Å²) in [6.07, 6.45) is 7.91. The molecule has 1 unspecified atom stereocenters. The number of aliphatic hydroxyl groups excluding tert-OH is 1. The Morgan fingerprint density at radius 1 is 1.02 bits per heavy atom. The van der Waals surface area contributed by atoms with E-state index in [-0.39, 0.29) is 24.6 Å². The molecule has 0 spiro atoms. The highest BCUT2D eigenvalue weighted by atomic mass is 19.1. The van der Waals surface area contributed by atoms with E-state index in [1.54, 1.807) is 6.07 Å². The molecular formula is C32H33F2N5O3. The summed E-state index contributed by atoms with van der Waals surface area (Å²) < 4.78 is 30.3. The number of benzene rings is 2. The maximum Gasteiger partial charge on any atom is 0.229 e. The second-order valence-electron chi connectivity index (χ2n) is 12.0. The minimum Gasteiger partial charge on any atom is -0.391 e. The van der Waals surface area contributed by atoms with Gasteiger partial charge in [0.1, 0.15) is 29.5 Å². The standard InChI is InChI=1S/C32H33F2N5O3/c1-18-2-7-28(19-3-4-19)42-37-30(18)20-8-10-38(11-9-20)32-25-14-22(33)13-24(31(25)35-17-36-32)21-5-6-27(26(34)12-21)39-16-23(40)15-29(39)41/h5-7,12-14,17-20,23,40H,2-4,8-11,15-16H2,1H3/t18?,23-/m1/s1. The molecule has 1 saturated carbocycles. The van der Waals surface area contributed by atoms with E-state index in [0.717, 1.165) is 43.8 Å². The van der Waals surface area contributed by atoms with Gasteiger partial charge in [0.25, 0.3) is 0 Å². The van der Waals surface area contributed by atoms with Crippen molar-refractivity contribution in [2.24, 2.45) is 22.9 Å². The van der Waals surface area contributed by atoms with E-state index < -0.39 is 17.7 Å². The fourth-order valence-corrected chi connectivity index (χ4v) is 6.53. The number of anilines is 2. The van der Waals surface area contributed by atoms with Crippen LogP contribution >= 0.6 is 0 Å². The highest BCUT2D eigenvalue weighted by molar-refractivity contribution is 6.00. The number of rotatable bonds is 5. The Balaban J connectivity index is 1.14. The van der Waals surface area contributed by atoms with Gasteiger partial charge < -0.3 is 19.7 Å². The van der Waals surface area contributed by atoms with E-state index in [1.807, 2.05) is 0 Å². The number of nitrogens with zero attached hydrogens (tertiary/aromatic N) is 5. The number of β-amino-alcohol motifs (C(OH)–C–C–N with tert-alkyl or cyclic N) is 1. The van der Waals surface area contributed by atoms with Crippen LogP contribution in [0.25, 0.3) is 22.0 Å². The Kier molecular flexibility index (Phi) is 6.88. The average molecular weight is 574 g/mol. The van der Waals surface area contributed by atoms with Gasteiger partial charge in [-0.25, -0.2) is 18.7 Å². The number of fused-ring (bicyclic) bond motifs is 1. The first-order valence-electron chi connectivity index (χ1n) is 14.8. The fourth-order valence-electron chi connectivity index (χ4n) is 6.53. The summed E-state index contributed by atoms with van der Waals surface area (Å²) in [4.78, 5) is 30.5. The van der Waals surface area contributed by atoms with Crippen molar-refractivity contribution in [1.29, 1.82) is 0 Å². The molecule has 8 nitrogen and oxygen atoms in total. The van der Waals surface area contributed by atoms with Gasteiger partial charge in [-0.3, -0.25) is 4.79 Å². The number of aromatic nitrogens is 2. The minimum absolute atomic E-state index is 0.0356. The van der Waals surface area contributed by atoms with Gasteiger partial charge in [0.15, 0.2) is 0 Å². The smallest absolute Gasteiger partial charge is 0.229 e. The van der Waals surface area contributed by atoms with Crippen LogP contribution < -0.4 is 9.80 Å². The Bertz CT molecular complexity index is 1610. The summed E-state index contributed by atoms with van der Waals surface area (Å²) in [5.74, 6) is 1.43. The Hall–Kier alpha value is -3.92. The molecule has 3 fully saturated rings. The molecule has 3 aromatic rings. The third kappa shape index (κ3) is 5.02. The average Bonchev–Trinajstić information content (AvgIpc) is 3.79. The molecule has 0 bridgehead atoms. The quantitative estimate of drug-likeness (QED) is 0.428. The van der Waals surface area contributed by atoms with E-state index in [0.29, 0.717) is 45.6 Å². The maximum atomic E-state index is 15.2. The van der Waals surface area contributed by atoms with Crippen molar-refractivity contribution in [1.82, 2.24) is 9.97 Å². The molecule has 2 atom stereocenters. The van der Waals surface area contributed by atoms with Crippen molar-refractivity contribution < 1.29 is 23.5 Å². The van der Waals surface area contributed by atoms with E-state index in [4.69, 9.17) is 4.84 Å². The number of oxime groups is 1. The van der Waals surface area contributed by atoms with E-state index in [1.165, 1.54) is 48.3 Å². The highest BCUT2D eigenvalue weighted by Gasteiger charge is 2.34. The highest BCUT2D eigenvalue weighted by Crippen LogP contribution is 2.40. The van der Waals surface area contributed by atoms with Gasteiger partial charge in [0.05, 0.1) is 36.0 Å². The lowest BCUT2D eigenvalue weighted by atomic mass is 9.84. The molecule has 1 amide bonds. The molecule has 10 heteroatoms. The van der Waals surface area contributed by atoms with Gasteiger partial charge in [0, 0.05) is 41.8 Å². The van der Waals surface area contributed by atoms with Gasteiger partial charge in [-0.1, -0.05) is 18.1 Å². The Morgan fingerprint density at radius 2 is 1.83 bits per heavy atom. The summed E-state index contributed by atoms with van der Waals surface area (Å²) in [5, 5.41) is 15.0. The van der Waals surface area contributed by atoms with Gasteiger partial charge in [-0.15, -0.1) is 0 Å². The maximum absolute atomic E-state index is 15.2. The second kappa shape index (κ2) is 10.7. The van der Waals surface area contributed by atoms with Crippen molar-refractivity contribution >= 4 is 34.0 Å². The third-order valence-corrected chi connectivity index (χ3v) is 8.96. The normalized spacial score (nSPS) is 23.6. The largest absolute Gasteiger partial charge is 0.391 e. The van der Waals surface area contributed by atoms with Crippen molar-refractivity contribution in [3.63, 3.8) is 0 Å². The van der Waals surface area contributed by atoms with Crippen LogP contribution in [0, 0.1) is 29.4 Å². The molecule has 1 aliphatic carbocycles. The summed E-state index contributed by atoms with van der Waals surface area (Å²) in [6.45, 7) is 3.72. The molecule has 7 rings (SSSR count). The van der Waals surface area contributed by atoms with Gasteiger partial charge in [-0.05, 0) is 68.0 Å². The van der Waals surface area contributed by atoms with Gasteiger partial charge in [0.2, 0.25) is 5.91 Å². The summed E-state index contributed by atoms with van der Waals surface area (Å²) in [7, 11) is 0. The SMILES string of the molecule is CC1CC=C(C2CC2)ON=C1C1CCN(c2ncnc3c(-c4ccc(N5C[C@H](O)CC5=O)c(F)c4)cc(F)cc23)CC1. The number of halogens is 2. The first-order valence-corrected chi connectivity index (χ1v) is 14.8. The Morgan fingerprint density at radius 3 is 2.55 bits per heavy atom. The molecule has 1 N–H and O–H groups in total. The number of carbonyl (C=O) groups is 1. The molecule has 3 aliphatic heterocycles. The molecule has 2 saturated heterocycles. The number of amides is 1. The molecule has 4 aliphatic rings. The molecule has 218 valence electrons. The lowest BCUT2D eigenvalue weighted by molar-refractivity contribution is -0.117. The van der Waals surface area contributed by atoms with E-state index in [9.17, 15) is 9.90 Å².